The minimum atomic E-state index is -0.970. The number of hydrogen-bond donors (Lipinski definition) is 1. The van der Waals surface area contributed by atoms with Crippen molar-refractivity contribution in [2.75, 3.05) is 0 Å². The van der Waals surface area contributed by atoms with E-state index in [1.165, 1.54) is 0 Å². The van der Waals surface area contributed by atoms with Crippen molar-refractivity contribution in [1.82, 2.24) is 0 Å². The number of aliphatic hydroxyl groups is 1. The lowest BCUT2D eigenvalue weighted by Crippen LogP contribution is -2.58. The van der Waals surface area contributed by atoms with Gasteiger partial charge in [-0.25, -0.2) is 0 Å². The molecule has 0 rings (SSSR count). The highest BCUT2D eigenvalue weighted by Gasteiger charge is 2.55. The average Bonchev–Trinajstić information content (AvgIpc) is 2.53. The van der Waals surface area contributed by atoms with Crippen LogP contribution in [0.15, 0.2) is 0 Å². The van der Waals surface area contributed by atoms with Gasteiger partial charge in [-0.1, -0.05) is 41.5 Å². The van der Waals surface area contributed by atoms with E-state index in [1.807, 2.05) is 41.5 Å². The van der Waals surface area contributed by atoms with Crippen LogP contribution >= 0.6 is 0 Å². The Kier molecular flexibility index (Phi) is 8.29. The maximum atomic E-state index is 13.4. The third kappa shape index (κ3) is 3.91. The lowest BCUT2D eigenvalue weighted by molar-refractivity contribution is -0.179. The second-order valence-electron chi connectivity index (χ2n) is 6.92. The van der Waals surface area contributed by atoms with Crippen molar-refractivity contribution in [3.05, 3.63) is 0 Å². The van der Waals surface area contributed by atoms with Crippen LogP contribution in [0.2, 0.25) is 0 Å². The number of carbonyl (C=O) groups is 1. The Bertz CT molecular complexity index is 335. The molecule has 0 amide bonds. The first kappa shape index (κ1) is 21.6. The molecule has 1 N–H and O–H groups in total. The van der Waals surface area contributed by atoms with Crippen molar-refractivity contribution < 1.29 is 14.6 Å². The van der Waals surface area contributed by atoms with Gasteiger partial charge in [0.05, 0.1) is 17.1 Å². The molecule has 0 saturated carbocycles. The molecule has 0 aromatic rings. The Balaban J connectivity index is 5.73. The zero-order valence-electron chi connectivity index (χ0n) is 16.1. The van der Waals surface area contributed by atoms with Gasteiger partial charge in [0.2, 0.25) is 0 Å². The summed E-state index contributed by atoms with van der Waals surface area (Å²) in [6, 6.07) is 0. The molecule has 0 spiro atoms. The lowest BCUT2D eigenvalue weighted by Gasteiger charge is -2.48. The topological polar surface area (TPSA) is 46.5 Å². The Labute approximate surface area is 137 Å². The van der Waals surface area contributed by atoms with E-state index in [2.05, 4.69) is 13.8 Å². The second-order valence-corrected chi connectivity index (χ2v) is 6.92. The fourth-order valence-corrected chi connectivity index (χ4v) is 3.87. The first-order valence-corrected chi connectivity index (χ1v) is 9.09. The minimum Gasteiger partial charge on any atom is -0.389 e. The van der Waals surface area contributed by atoms with Gasteiger partial charge in [0.25, 0.3) is 0 Å². The highest BCUT2D eigenvalue weighted by Crippen LogP contribution is 2.46. The summed E-state index contributed by atoms with van der Waals surface area (Å²) in [5.74, 6) is 0.0445. The summed E-state index contributed by atoms with van der Waals surface area (Å²) in [6.07, 6.45) is 4.30. The highest BCUT2D eigenvalue weighted by molar-refractivity contribution is 5.93. The van der Waals surface area contributed by atoms with Crippen LogP contribution in [0.3, 0.4) is 0 Å². The van der Waals surface area contributed by atoms with Crippen LogP contribution in [0.1, 0.15) is 93.9 Å². The normalized spacial score (nSPS) is 13.7. The molecule has 0 aliphatic rings. The van der Waals surface area contributed by atoms with Crippen LogP contribution < -0.4 is 0 Å². The summed E-state index contributed by atoms with van der Waals surface area (Å²) in [6.45, 7) is 15.8. The second kappa shape index (κ2) is 8.44. The molecular weight excluding hydrogens is 276 g/mol. The lowest BCUT2D eigenvalue weighted by atomic mass is 9.60. The van der Waals surface area contributed by atoms with Crippen molar-refractivity contribution in [3.63, 3.8) is 0 Å². The zero-order valence-corrected chi connectivity index (χ0v) is 16.1. The predicted molar refractivity (Wildman–Crippen MR) is 93.1 cm³/mol. The summed E-state index contributed by atoms with van der Waals surface area (Å²) in [5.41, 5.74) is -2.59. The molecule has 0 radical (unpaired) electrons. The Hall–Kier alpha value is -0.410. The SMILES string of the molecule is CCC(CC)OC(C)(C)C(=O)C(CC)(CC)C(O)(CC)CC. The van der Waals surface area contributed by atoms with E-state index in [0.29, 0.717) is 25.7 Å². The van der Waals surface area contributed by atoms with Gasteiger partial charge in [0, 0.05) is 0 Å². The van der Waals surface area contributed by atoms with E-state index in [1.54, 1.807) is 0 Å². The molecule has 0 aromatic heterocycles. The van der Waals surface area contributed by atoms with Gasteiger partial charge in [-0.2, -0.15) is 0 Å². The number of rotatable bonds is 11. The molecule has 0 unspecified atom stereocenters. The van der Waals surface area contributed by atoms with Crippen molar-refractivity contribution in [3.8, 4) is 0 Å². The van der Waals surface area contributed by atoms with Crippen LogP contribution in [0.4, 0.5) is 0 Å². The van der Waals surface area contributed by atoms with Gasteiger partial charge in [-0.05, 0) is 52.4 Å². The van der Waals surface area contributed by atoms with Gasteiger partial charge in [-0.3, -0.25) is 4.79 Å². The molecule has 22 heavy (non-hydrogen) atoms. The fraction of sp³-hybridized carbons (Fsp3) is 0.947. The first-order valence-electron chi connectivity index (χ1n) is 9.09. The Morgan fingerprint density at radius 1 is 0.909 bits per heavy atom. The van der Waals surface area contributed by atoms with Crippen molar-refractivity contribution in [2.45, 2.75) is 111 Å². The van der Waals surface area contributed by atoms with Gasteiger partial charge >= 0.3 is 0 Å². The standard InChI is InChI=1S/C19H38O3/c1-9-15(10-2)22-17(7,8)16(20)18(11-3,12-4)19(21,13-5)14-6/h15,21H,9-14H2,1-8H3. The summed E-state index contributed by atoms with van der Waals surface area (Å²) >= 11 is 0. The number of ketones is 1. The van der Waals surface area contributed by atoms with E-state index >= 15 is 0 Å². The average molecular weight is 315 g/mol. The Morgan fingerprint density at radius 2 is 1.32 bits per heavy atom. The van der Waals surface area contributed by atoms with E-state index in [0.717, 1.165) is 12.8 Å². The van der Waals surface area contributed by atoms with E-state index in [9.17, 15) is 9.90 Å². The van der Waals surface area contributed by atoms with Crippen LogP contribution in [0.5, 0.6) is 0 Å². The number of carbonyl (C=O) groups excluding carboxylic acids is 1. The van der Waals surface area contributed by atoms with Gasteiger partial charge in [0.15, 0.2) is 5.78 Å². The van der Waals surface area contributed by atoms with Crippen LogP contribution in [0, 0.1) is 5.41 Å². The molecule has 132 valence electrons. The van der Waals surface area contributed by atoms with Gasteiger partial charge in [0.1, 0.15) is 5.60 Å². The maximum absolute atomic E-state index is 13.4. The maximum Gasteiger partial charge on any atom is 0.173 e. The molecule has 3 heteroatoms. The minimum absolute atomic E-state index is 0.0445. The number of ether oxygens (including phenoxy) is 1. The highest BCUT2D eigenvalue weighted by atomic mass is 16.5. The quantitative estimate of drug-likeness (QED) is 0.590. The summed E-state index contributed by atoms with van der Waals surface area (Å²) in [5, 5.41) is 11.1. The van der Waals surface area contributed by atoms with Crippen LogP contribution in [-0.4, -0.2) is 28.2 Å². The third-order valence-electron chi connectivity index (χ3n) is 5.62. The van der Waals surface area contributed by atoms with Crippen molar-refractivity contribution in [1.29, 1.82) is 0 Å². The van der Waals surface area contributed by atoms with Crippen LogP contribution in [0.25, 0.3) is 0 Å². The van der Waals surface area contributed by atoms with Crippen LogP contribution in [-0.2, 0) is 9.53 Å². The van der Waals surface area contributed by atoms with E-state index < -0.39 is 16.6 Å². The molecule has 0 heterocycles. The molecule has 0 saturated heterocycles. The fourth-order valence-electron chi connectivity index (χ4n) is 3.87. The summed E-state index contributed by atoms with van der Waals surface area (Å²) in [4.78, 5) is 13.4. The van der Waals surface area contributed by atoms with Crippen molar-refractivity contribution in [2.24, 2.45) is 5.41 Å². The number of Topliss-reactive ketones (excluding diaryl/α,β-unsaturated/α-hetero) is 1. The molecule has 0 aliphatic carbocycles. The summed E-state index contributed by atoms with van der Waals surface area (Å²) < 4.78 is 6.13. The van der Waals surface area contributed by atoms with Gasteiger partial charge < -0.3 is 9.84 Å². The molecule has 0 fully saturated rings. The molecule has 0 aliphatic heterocycles. The molecule has 0 atom stereocenters. The molecule has 0 bridgehead atoms. The predicted octanol–water partition coefficient (Wildman–Crippen LogP) is 4.90. The molecular formula is C19H38O3. The monoisotopic (exact) mass is 314 g/mol. The first-order chi connectivity index (χ1) is 10.1. The van der Waals surface area contributed by atoms with E-state index in [-0.39, 0.29) is 11.9 Å². The van der Waals surface area contributed by atoms with Crippen molar-refractivity contribution >= 4 is 5.78 Å². The zero-order chi connectivity index (χ0) is 17.6. The van der Waals surface area contributed by atoms with E-state index in [4.69, 9.17) is 4.74 Å². The molecule has 0 aromatic carbocycles. The smallest absolute Gasteiger partial charge is 0.173 e. The third-order valence-corrected chi connectivity index (χ3v) is 5.62. The number of hydrogen-bond acceptors (Lipinski definition) is 3. The molecule has 3 nitrogen and oxygen atoms in total. The summed E-state index contributed by atoms with van der Waals surface area (Å²) in [7, 11) is 0. The van der Waals surface area contributed by atoms with Gasteiger partial charge in [-0.15, -0.1) is 0 Å². The Morgan fingerprint density at radius 3 is 1.59 bits per heavy atom. The largest absolute Gasteiger partial charge is 0.389 e.